The lowest BCUT2D eigenvalue weighted by molar-refractivity contribution is 1.41. The molecule has 1 heterocycles. The second-order valence-electron chi connectivity index (χ2n) is 3.99. The molecule has 4 heteroatoms. The maximum absolute atomic E-state index is 6.11. The van der Waals surface area contributed by atoms with Crippen LogP contribution in [0.3, 0.4) is 0 Å². The number of rotatable bonds is 2. The standard InChI is InChI=1S/C15H9BrClNS/c16-12-9-5-4-8-11(12)14-13(18-15(17)19-14)10-6-2-1-3-7-10/h1-9H. The van der Waals surface area contributed by atoms with Gasteiger partial charge >= 0.3 is 0 Å². The summed E-state index contributed by atoms with van der Waals surface area (Å²) < 4.78 is 1.61. The molecule has 0 N–H and O–H groups in total. The van der Waals surface area contributed by atoms with Gasteiger partial charge in [-0.1, -0.05) is 76.1 Å². The summed E-state index contributed by atoms with van der Waals surface area (Å²) >= 11 is 11.2. The van der Waals surface area contributed by atoms with Crippen LogP contribution in [0.2, 0.25) is 4.47 Å². The molecule has 19 heavy (non-hydrogen) atoms. The highest BCUT2D eigenvalue weighted by Gasteiger charge is 2.15. The van der Waals surface area contributed by atoms with Crippen LogP contribution in [0.25, 0.3) is 21.7 Å². The fraction of sp³-hybridized carbons (Fsp3) is 0. The Morgan fingerprint density at radius 3 is 2.37 bits per heavy atom. The topological polar surface area (TPSA) is 12.9 Å². The first-order valence-corrected chi connectivity index (χ1v) is 7.71. The van der Waals surface area contributed by atoms with E-state index in [0.717, 1.165) is 26.2 Å². The number of nitrogens with zero attached hydrogens (tertiary/aromatic N) is 1. The SMILES string of the molecule is Clc1nc(-c2ccccc2)c(-c2ccccc2Br)s1. The third kappa shape index (κ3) is 2.59. The van der Waals surface area contributed by atoms with Crippen molar-refractivity contribution in [1.82, 2.24) is 4.98 Å². The first-order chi connectivity index (χ1) is 9.25. The minimum absolute atomic E-state index is 0.560. The van der Waals surface area contributed by atoms with E-state index in [1.807, 2.05) is 48.5 Å². The largest absolute Gasteiger partial charge is 0.224 e. The quantitative estimate of drug-likeness (QED) is 0.561. The lowest BCUT2D eigenvalue weighted by Crippen LogP contribution is -1.82. The second-order valence-corrected chi connectivity index (χ2v) is 6.43. The Bertz CT molecular complexity index is 709. The van der Waals surface area contributed by atoms with Crippen LogP contribution in [0.1, 0.15) is 0 Å². The fourth-order valence-electron chi connectivity index (χ4n) is 1.91. The monoisotopic (exact) mass is 349 g/mol. The van der Waals surface area contributed by atoms with Crippen molar-refractivity contribution < 1.29 is 0 Å². The zero-order chi connectivity index (χ0) is 13.2. The molecule has 0 atom stereocenters. The highest BCUT2D eigenvalue weighted by molar-refractivity contribution is 9.10. The van der Waals surface area contributed by atoms with Gasteiger partial charge in [-0.3, -0.25) is 0 Å². The van der Waals surface area contributed by atoms with Crippen molar-refractivity contribution in [3.05, 3.63) is 63.5 Å². The number of thiazole rings is 1. The summed E-state index contributed by atoms with van der Waals surface area (Å²) in [7, 11) is 0. The molecule has 3 aromatic rings. The van der Waals surface area contributed by atoms with Crippen LogP contribution in [0.15, 0.2) is 59.1 Å². The number of hydrogen-bond donors (Lipinski definition) is 0. The van der Waals surface area contributed by atoms with Crippen LogP contribution >= 0.6 is 38.9 Å². The van der Waals surface area contributed by atoms with Crippen molar-refractivity contribution in [2.24, 2.45) is 0 Å². The van der Waals surface area contributed by atoms with Crippen molar-refractivity contribution in [2.75, 3.05) is 0 Å². The van der Waals surface area contributed by atoms with Crippen LogP contribution in [0.5, 0.6) is 0 Å². The van der Waals surface area contributed by atoms with E-state index in [9.17, 15) is 0 Å². The van der Waals surface area contributed by atoms with Crippen molar-refractivity contribution in [3.63, 3.8) is 0 Å². The Morgan fingerprint density at radius 2 is 1.63 bits per heavy atom. The minimum atomic E-state index is 0.560. The maximum atomic E-state index is 6.11. The molecule has 1 aromatic heterocycles. The van der Waals surface area contributed by atoms with E-state index in [0.29, 0.717) is 4.47 Å². The highest BCUT2D eigenvalue weighted by atomic mass is 79.9. The molecule has 0 saturated carbocycles. The molecule has 1 nitrogen and oxygen atoms in total. The third-order valence-corrected chi connectivity index (χ3v) is 4.65. The van der Waals surface area contributed by atoms with Crippen LogP contribution in [0, 0.1) is 0 Å². The van der Waals surface area contributed by atoms with Gasteiger partial charge in [-0.25, -0.2) is 4.98 Å². The van der Waals surface area contributed by atoms with Gasteiger partial charge in [0.1, 0.15) is 0 Å². The Morgan fingerprint density at radius 1 is 0.947 bits per heavy atom. The molecule has 0 aliphatic rings. The molecule has 0 fully saturated rings. The Hall–Kier alpha value is -1.16. The molecule has 0 spiro atoms. The molecule has 2 aromatic carbocycles. The highest BCUT2D eigenvalue weighted by Crippen LogP contribution is 2.41. The summed E-state index contributed by atoms with van der Waals surface area (Å²) in [6, 6.07) is 18.2. The van der Waals surface area contributed by atoms with E-state index in [1.165, 1.54) is 11.3 Å². The summed E-state index contributed by atoms with van der Waals surface area (Å²) in [6.07, 6.45) is 0. The van der Waals surface area contributed by atoms with E-state index in [1.54, 1.807) is 0 Å². The average molecular weight is 351 g/mol. The molecule has 94 valence electrons. The first kappa shape index (κ1) is 12.9. The van der Waals surface area contributed by atoms with Crippen LogP contribution in [-0.2, 0) is 0 Å². The average Bonchev–Trinajstić information content (AvgIpc) is 2.82. The lowest BCUT2D eigenvalue weighted by atomic mass is 10.1. The van der Waals surface area contributed by atoms with Crippen molar-refractivity contribution >= 4 is 38.9 Å². The van der Waals surface area contributed by atoms with E-state index in [4.69, 9.17) is 11.6 Å². The van der Waals surface area contributed by atoms with Crippen LogP contribution in [-0.4, -0.2) is 4.98 Å². The first-order valence-electron chi connectivity index (χ1n) is 5.72. The maximum Gasteiger partial charge on any atom is 0.184 e. The predicted molar refractivity (Wildman–Crippen MR) is 85.7 cm³/mol. The number of hydrogen-bond acceptors (Lipinski definition) is 2. The molecule has 3 rings (SSSR count). The van der Waals surface area contributed by atoms with Gasteiger partial charge in [0.05, 0.1) is 10.6 Å². The van der Waals surface area contributed by atoms with E-state index in [-0.39, 0.29) is 0 Å². The number of halogens is 2. The summed E-state index contributed by atoms with van der Waals surface area (Å²) in [5, 5.41) is 0. The number of benzene rings is 2. The predicted octanol–water partition coefficient (Wildman–Crippen LogP) is 5.89. The van der Waals surface area contributed by atoms with Crippen LogP contribution in [0.4, 0.5) is 0 Å². The summed E-state index contributed by atoms with van der Waals surface area (Å²) in [5.74, 6) is 0. The van der Waals surface area contributed by atoms with Crippen LogP contribution < -0.4 is 0 Å². The third-order valence-electron chi connectivity index (χ3n) is 2.77. The molecule has 0 amide bonds. The Kier molecular flexibility index (Phi) is 3.69. The Balaban J connectivity index is 2.21. The van der Waals surface area contributed by atoms with Crippen molar-refractivity contribution in [3.8, 4) is 21.7 Å². The van der Waals surface area contributed by atoms with E-state index < -0.39 is 0 Å². The summed E-state index contributed by atoms with van der Waals surface area (Å²) in [4.78, 5) is 5.55. The Labute approximate surface area is 129 Å². The molecular weight excluding hydrogens is 342 g/mol. The van der Waals surface area contributed by atoms with E-state index in [2.05, 4.69) is 27.0 Å². The van der Waals surface area contributed by atoms with Crippen molar-refractivity contribution in [1.29, 1.82) is 0 Å². The van der Waals surface area contributed by atoms with Gasteiger partial charge in [-0.15, -0.1) is 11.3 Å². The minimum Gasteiger partial charge on any atom is -0.224 e. The lowest BCUT2D eigenvalue weighted by Gasteiger charge is -2.04. The van der Waals surface area contributed by atoms with Gasteiger partial charge < -0.3 is 0 Å². The van der Waals surface area contributed by atoms with Gasteiger partial charge in [-0.2, -0.15) is 0 Å². The molecule has 0 aliphatic carbocycles. The van der Waals surface area contributed by atoms with Gasteiger partial charge in [0, 0.05) is 15.6 Å². The smallest absolute Gasteiger partial charge is 0.184 e. The summed E-state index contributed by atoms with van der Waals surface area (Å²) in [6.45, 7) is 0. The number of aromatic nitrogens is 1. The van der Waals surface area contributed by atoms with Crippen molar-refractivity contribution in [2.45, 2.75) is 0 Å². The zero-order valence-electron chi connectivity index (χ0n) is 9.81. The van der Waals surface area contributed by atoms with E-state index >= 15 is 0 Å². The molecular formula is C15H9BrClNS. The van der Waals surface area contributed by atoms with Gasteiger partial charge in [0.2, 0.25) is 0 Å². The summed E-state index contributed by atoms with van der Waals surface area (Å²) in [5.41, 5.74) is 3.13. The second kappa shape index (κ2) is 5.45. The fourth-order valence-corrected chi connectivity index (χ4v) is 3.70. The molecule has 0 aliphatic heterocycles. The molecule has 0 saturated heterocycles. The molecule has 0 unspecified atom stereocenters. The molecule has 0 bridgehead atoms. The molecule has 0 radical (unpaired) electrons. The van der Waals surface area contributed by atoms with Gasteiger partial charge in [0.25, 0.3) is 0 Å². The van der Waals surface area contributed by atoms with Gasteiger partial charge in [-0.05, 0) is 6.07 Å². The zero-order valence-corrected chi connectivity index (χ0v) is 13.0. The van der Waals surface area contributed by atoms with Gasteiger partial charge in [0.15, 0.2) is 4.47 Å². The normalized spacial score (nSPS) is 10.6.